The van der Waals surface area contributed by atoms with Gasteiger partial charge in [-0.1, -0.05) is 30.3 Å². The van der Waals surface area contributed by atoms with Crippen LogP contribution in [0.2, 0.25) is 0 Å². The number of hydrogen-bond donors (Lipinski definition) is 1. The number of benzene rings is 1. The summed E-state index contributed by atoms with van der Waals surface area (Å²) < 4.78 is 0. The molecule has 3 rings (SSSR count). The lowest BCUT2D eigenvalue weighted by Gasteiger charge is -2.16. The molecule has 1 fully saturated rings. The number of nitrogens with one attached hydrogen (secondary N) is 1. The Hall–Kier alpha value is -2.14. The van der Waals surface area contributed by atoms with Crippen LogP contribution < -0.4 is 5.32 Å². The molecule has 2 amide bonds. The van der Waals surface area contributed by atoms with Gasteiger partial charge < -0.3 is 10.2 Å². The number of amides is 2. The van der Waals surface area contributed by atoms with E-state index in [4.69, 9.17) is 0 Å². The van der Waals surface area contributed by atoms with Crippen LogP contribution >= 0.6 is 11.3 Å². The normalized spacial score (nSPS) is 13.5. The van der Waals surface area contributed by atoms with E-state index in [0.29, 0.717) is 4.88 Å². The molecule has 0 unspecified atom stereocenters. The van der Waals surface area contributed by atoms with Crippen molar-refractivity contribution in [1.82, 2.24) is 4.90 Å². The Morgan fingerprint density at radius 2 is 1.88 bits per heavy atom. The average molecular weight is 356 g/mol. The molecule has 1 heterocycles. The van der Waals surface area contributed by atoms with Crippen LogP contribution in [-0.4, -0.2) is 30.3 Å². The maximum atomic E-state index is 12.5. The van der Waals surface area contributed by atoms with Crippen LogP contribution in [-0.2, 0) is 11.2 Å². The minimum absolute atomic E-state index is 0.0247. The van der Waals surface area contributed by atoms with Crippen molar-refractivity contribution in [3.05, 3.63) is 52.9 Å². The van der Waals surface area contributed by atoms with Crippen LogP contribution in [0.3, 0.4) is 0 Å². The summed E-state index contributed by atoms with van der Waals surface area (Å²) in [6.07, 6.45) is 5.05. The topological polar surface area (TPSA) is 49.4 Å². The molecule has 0 atom stereocenters. The summed E-state index contributed by atoms with van der Waals surface area (Å²) >= 11 is 1.36. The molecule has 5 heteroatoms. The van der Waals surface area contributed by atoms with Crippen LogP contribution in [0.15, 0.2) is 42.5 Å². The number of carbonyl (C=O) groups is 2. The maximum absolute atomic E-state index is 12.5. The van der Waals surface area contributed by atoms with Gasteiger partial charge in [0.1, 0.15) is 0 Å². The first-order valence-electron chi connectivity index (χ1n) is 8.83. The average Bonchev–Trinajstić information content (AvgIpc) is 3.39. The summed E-state index contributed by atoms with van der Waals surface area (Å²) in [7, 11) is 1.84. The molecule has 0 spiro atoms. The number of nitrogens with zero attached hydrogens (tertiary/aromatic N) is 1. The van der Waals surface area contributed by atoms with Gasteiger partial charge in [0, 0.05) is 19.5 Å². The Morgan fingerprint density at radius 3 is 2.60 bits per heavy atom. The molecule has 4 nitrogen and oxygen atoms in total. The van der Waals surface area contributed by atoms with E-state index in [1.54, 1.807) is 11.0 Å². The highest BCUT2D eigenvalue weighted by molar-refractivity contribution is 7.18. The molecule has 0 radical (unpaired) electrons. The van der Waals surface area contributed by atoms with E-state index in [0.717, 1.165) is 43.6 Å². The van der Waals surface area contributed by atoms with Crippen molar-refractivity contribution in [2.24, 2.45) is 5.92 Å². The minimum Gasteiger partial charge on any atom is -0.341 e. The van der Waals surface area contributed by atoms with E-state index in [1.165, 1.54) is 16.9 Å². The smallest absolute Gasteiger partial charge is 0.263 e. The van der Waals surface area contributed by atoms with Gasteiger partial charge in [0.25, 0.3) is 5.91 Å². The van der Waals surface area contributed by atoms with Crippen molar-refractivity contribution in [3.8, 4) is 0 Å². The SMILES string of the molecule is CN(CCCCc1ccccc1)C(=O)c1ccc(NC(=O)C2CC2)s1. The molecule has 0 saturated heterocycles. The maximum Gasteiger partial charge on any atom is 0.263 e. The molecular weight excluding hydrogens is 332 g/mol. The van der Waals surface area contributed by atoms with E-state index in [1.807, 2.05) is 19.2 Å². The predicted molar refractivity (Wildman–Crippen MR) is 102 cm³/mol. The van der Waals surface area contributed by atoms with Gasteiger partial charge in [0.05, 0.1) is 9.88 Å². The van der Waals surface area contributed by atoms with Crippen LogP contribution in [0.1, 0.15) is 40.9 Å². The highest BCUT2D eigenvalue weighted by Gasteiger charge is 2.30. The van der Waals surface area contributed by atoms with Crippen molar-refractivity contribution in [2.45, 2.75) is 32.1 Å². The second-order valence-corrected chi connectivity index (χ2v) is 7.68. The fourth-order valence-corrected chi connectivity index (χ4v) is 3.61. The van der Waals surface area contributed by atoms with Gasteiger partial charge in [0.2, 0.25) is 5.91 Å². The van der Waals surface area contributed by atoms with E-state index in [2.05, 4.69) is 29.6 Å². The molecule has 1 aliphatic carbocycles. The highest BCUT2D eigenvalue weighted by atomic mass is 32.1. The summed E-state index contributed by atoms with van der Waals surface area (Å²) in [4.78, 5) is 26.7. The van der Waals surface area contributed by atoms with Crippen LogP contribution in [0.4, 0.5) is 5.00 Å². The van der Waals surface area contributed by atoms with Crippen molar-refractivity contribution < 1.29 is 9.59 Å². The third-order valence-electron chi connectivity index (χ3n) is 4.41. The van der Waals surface area contributed by atoms with Crippen molar-refractivity contribution in [1.29, 1.82) is 0 Å². The van der Waals surface area contributed by atoms with E-state index < -0.39 is 0 Å². The molecule has 1 aliphatic rings. The predicted octanol–water partition coefficient (Wildman–Crippen LogP) is 4.19. The standard InChI is InChI=1S/C20H24N2O2S/c1-22(14-6-5-9-15-7-3-2-4-8-15)20(24)17-12-13-18(25-17)21-19(23)16-10-11-16/h2-4,7-8,12-13,16H,5-6,9-11,14H2,1H3,(H,21,23). The first kappa shape index (κ1) is 17.7. The quantitative estimate of drug-likeness (QED) is 0.721. The van der Waals surface area contributed by atoms with E-state index >= 15 is 0 Å². The number of anilines is 1. The second-order valence-electron chi connectivity index (χ2n) is 6.60. The Morgan fingerprint density at radius 1 is 1.12 bits per heavy atom. The number of rotatable bonds is 8. The van der Waals surface area contributed by atoms with Gasteiger partial charge in [-0.05, 0) is 49.8 Å². The second kappa shape index (κ2) is 8.30. The van der Waals surface area contributed by atoms with Gasteiger partial charge >= 0.3 is 0 Å². The van der Waals surface area contributed by atoms with Crippen molar-refractivity contribution >= 4 is 28.2 Å². The lowest BCUT2D eigenvalue weighted by atomic mass is 10.1. The highest BCUT2D eigenvalue weighted by Crippen LogP contribution is 2.31. The fourth-order valence-electron chi connectivity index (χ4n) is 2.70. The molecule has 1 aromatic carbocycles. The monoisotopic (exact) mass is 356 g/mol. The largest absolute Gasteiger partial charge is 0.341 e. The molecular formula is C20H24N2O2S. The first-order valence-corrected chi connectivity index (χ1v) is 9.65. The third kappa shape index (κ3) is 5.16. The molecule has 0 bridgehead atoms. The Bertz CT molecular complexity index is 722. The van der Waals surface area contributed by atoms with E-state index in [9.17, 15) is 9.59 Å². The number of thiophene rings is 1. The Balaban J connectivity index is 1.42. The molecule has 1 saturated carbocycles. The van der Waals surface area contributed by atoms with Gasteiger partial charge in [-0.25, -0.2) is 0 Å². The molecule has 132 valence electrons. The lowest BCUT2D eigenvalue weighted by Crippen LogP contribution is -2.27. The molecule has 2 aromatic rings. The summed E-state index contributed by atoms with van der Waals surface area (Å²) in [5.74, 6) is 0.278. The number of carbonyl (C=O) groups excluding carboxylic acids is 2. The van der Waals surface area contributed by atoms with E-state index in [-0.39, 0.29) is 17.7 Å². The van der Waals surface area contributed by atoms with Crippen LogP contribution in [0, 0.1) is 5.92 Å². The summed E-state index contributed by atoms with van der Waals surface area (Å²) in [6, 6.07) is 14.0. The minimum atomic E-state index is 0.0247. The zero-order valence-electron chi connectivity index (χ0n) is 14.5. The van der Waals surface area contributed by atoms with Crippen molar-refractivity contribution in [2.75, 3.05) is 18.9 Å². The van der Waals surface area contributed by atoms with Crippen molar-refractivity contribution in [3.63, 3.8) is 0 Å². The first-order chi connectivity index (χ1) is 12.1. The zero-order chi connectivity index (χ0) is 17.6. The Labute approximate surface area is 152 Å². The summed E-state index contributed by atoms with van der Waals surface area (Å²) in [5, 5.41) is 3.66. The fraction of sp³-hybridized carbons (Fsp3) is 0.400. The molecule has 1 aromatic heterocycles. The number of unbranched alkanes of at least 4 members (excludes halogenated alkanes) is 1. The summed E-state index contributed by atoms with van der Waals surface area (Å²) in [6.45, 7) is 0.743. The van der Waals surface area contributed by atoms with Gasteiger partial charge in [0.15, 0.2) is 0 Å². The van der Waals surface area contributed by atoms with Gasteiger partial charge in [-0.2, -0.15) is 0 Å². The summed E-state index contributed by atoms with van der Waals surface area (Å²) in [5.41, 5.74) is 1.34. The third-order valence-corrected chi connectivity index (χ3v) is 5.40. The number of hydrogen-bond acceptors (Lipinski definition) is 3. The zero-order valence-corrected chi connectivity index (χ0v) is 15.3. The molecule has 0 aliphatic heterocycles. The lowest BCUT2D eigenvalue weighted by molar-refractivity contribution is -0.117. The Kier molecular flexibility index (Phi) is 5.87. The van der Waals surface area contributed by atoms with Gasteiger partial charge in [-0.15, -0.1) is 11.3 Å². The van der Waals surface area contributed by atoms with Gasteiger partial charge in [-0.3, -0.25) is 9.59 Å². The van der Waals surface area contributed by atoms with Crippen LogP contribution in [0.5, 0.6) is 0 Å². The van der Waals surface area contributed by atoms with Crippen LogP contribution in [0.25, 0.3) is 0 Å². The molecule has 1 N–H and O–H groups in total. The number of aryl methyl sites for hydroxylation is 1. The molecule has 25 heavy (non-hydrogen) atoms.